The number of aryl methyl sites for hydroxylation is 1. The molecule has 2 aromatic rings. The first-order valence-electron chi connectivity index (χ1n) is 14.0. The van der Waals surface area contributed by atoms with Crippen molar-refractivity contribution in [2.24, 2.45) is 7.05 Å². The summed E-state index contributed by atoms with van der Waals surface area (Å²) in [6.45, 7) is 3.14. The largest absolute Gasteiger partial charge is 0.744 e. The maximum absolute atomic E-state index is 10.3. The lowest BCUT2D eigenvalue weighted by Gasteiger charge is -2.04. The third kappa shape index (κ3) is 17.5. The molecule has 1 aromatic heterocycles. The van der Waals surface area contributed by atoms with Crippen LogP contribution in [0.3, 0.4) is 0 Å². The molecule has 0 unspecified atom stereocenters. The highest BCUT2D eigenvalue weighted by Crippen LogP contribution is 2.14. The Hall–Kier alpha value is -1.92. The minimum atomic E-state index is -4.25. The number of ether oxygens (including phenoxy) is 1. The highest BCUT2D eigenvalue weighted by molar-refractivity contribution is 7.85. The fraction of sp³-hybridized carbons (Fsp3) is 0.633. The first-order chi connectivity index (χ1) is 17.4. The molecular formula is C30H49NO4S. The summed E-state index contributed by atoms with van der Waals surface area (Å²) in [6.07, 6.45) is 24.6. The average molecular weight is 520 g/mol. The fourth-order valence-electron chi connectivity index (χ4n) is 4.07. The first-order valence-corrected chi connectivity index (χ1v) is 15.4. The van der Waals surface area contributed by atoms with E-state index in [2.05, 4.69) is 6.92 Å². The lowest BCUT2D eigenvalue weighted by molar-refractivity contribution is -0.677. The Balaban J connectivity index is 0.000000537. The Morgan fingerprint density at radius 1 is 0.667 bits per heavy atom. The van der Waals surface area contributed by atoms with Gasteiger partial charge < -0.3 is 9.29 Å². The van der Waals surface area contributed by atoms with E-state index in [1.165, 1.54) is 127 Å². The molecule has 0 N–H and O–H groups in total. The van der Waals surface area contributed by atoms with Crippen LogP contribution in [0.15, 0.2) is 59.6 Å². The van der Waals surface area contributed by atoms with Crippen LogP contribution in [0.2, 0.25) is 0 Å². The smallest absolute Gasteiger partial charge is 0.367 e. The van der Waals surface area contributed by atoms with Crippen molar-refractivity contribution in [3.05, 3.63) is 54.7 Å². The molecule has 0 saturated heterocycles. The minimum Gasteiger partial charge on any atom is -0.744 e. The van der Waals surface area contributed by atoms with Crippen molar-refractivity contribution in [3.63, 3.8) is 0 Å². The monoisotopic (exact) mass is 519 g/mol. The molecule has 0 atom stereocenters. The fourth-order valence-corrected chi connectivity index (χ4v) is 4.56. The highest BCUT2D eigenvalue weighted by atomic mass is 32.2. The number of unbranched alkanes of at least 4 members (excludes halogenated alkanes) is 15. The van der Waals surface area contributed by atoms with Crippen molar-refractivity contribution in [3.8, 4) is 5.88 Å². The van der Waals surface area contributed by atoms with Crippen molar-refractivity contribution in [1.82, 2.24) is 0 Å². The van der Waals surface area contributed by atoms with Gasteiger partial charge in [0, 0.05) is 6.07 Å². The topological polar surface area (TPSA) is 70.3 Å². The van der Waals surface area contributed by atoms with E-state index in [0.717, 1.165) is 12.5 Å². The summed E-state index contributed by atoms with van der Waals surface area (Å²) in [6, 6.07) is 13.3. The molecule has 0 amide bonds. The Bertz CT molecular complexity index is 872. The quantitative estimate of drug-likeness (QED) is 0.108. The minimum absolute atomic E-state index is 0.185. The second kappa shape index (κ2) is 21.2. The zero-order chi connectivity index (χ0) is 26.3. The van der Waals surface area contributed by atoms with Crippen LogP contribution in [-0.2, 0) is 17.2 Å². The Kier molecular flexibility index (Phi) is 18.9. The van der Waals surface area contributed by atoms with E-state index in [4.69, 9.17) is 4.74 Å². The van der Waals surface area contributed by atoms with E-state index < -0.39 is 10.1 Å². The van der Waals surface area contributed by atoms with Crippen LogP contribution in [0.25, 0.3) is 0 Å². The van der Waals surface area contributed by atoms with E-state index in [9.17, 15) is 13.0 Å². The number of nitrogens with zero attached hydrogens (tertiary/aromatic N) is 1. The van der Waals surface area contributed by atoms with Crippen LogP contribution in [0.4, 0.5) is 0 Å². The number of pyridine rings is 1. The van der Waals surface area contributed by atoms with Crippen molar-refractivity contribution in [1.29, 1.82) is 0 Å². The third-order valence-electron chi connectivity index (χ3n) is 6.29. The Morgan fingerprint density at radius 2 is 1.11 bits per heavy atom. The molecule has 204 valence electrons. The number of rotatable bonds is 19. The molecule has 36 heavy (non-hydrogen) atoms. The second-order valence-corrected chi connectivity index (χ2v) is 10.9. The molecular weight excluding hydrogens is 470 g/mol. The number of benzene rings is 1. The van der Waals surface area contributed by atoms with Crippen LogP contribution in [0.1, 0.15) is 110 Å². The van der Waals surface area contributed by atoms with Gasteiger partial charge in [-0.05, 0) is 24.6 Å². The molecule has 0 aliphatic carbocycles. The zero-order valence-corrected chi connectivity index (χ0v) is 23.5. The van der Waals surface area contributed by atoms with E-state index in [1.54, 1.807) is 6.07 Å². The van der Waals surface area contributed by atoms with Crippen LogP contribution in [0, 0.1) is 0 Å². The van der Waals surface area contributed by atoms with Gasteiger partial charge in [-0.1, -0.05) is 121 Å². The molecule has 2 rings (SSSR count). The maximum atomic E-state index is 10.3. The summed E-state index contributed by atoms with van der Waals surface area (Å²) in [5.74, 6) is 0.966. The van der Waals surface area contributed by atoms with E-state index >= 15 is 0 Å². The summed E-state index contributed by atoms with van der Waals surface area (Å²) >= 11 is 0. The van der Waals surface area contributed by atoms with Crippen LogP contribution >= 0.6 is 0 Å². The summed E-state index contributed by atoms with van der Waals surface area (Å²) < 4.78 is 38.7. The van der Waals surface area contributed by atoms with Crippen LogP contribution in [-0.4, -0.2) is 19.6 Å². The zero-order valence-electron chi connectivity index (χ0n) is 22.7. The molecule has 0 aliphatic rings. The number of aromatic nitrogens is 1. The number of hydrogen-bond donors (Lipinski definition) is 0. The standard InChI is InChI=1S/C24H44NO.C6H6O3S/c1-3-4-5-6-7-8-9-10-11-12-13-14-15-16-17-20-23-26-24-21-18-19-22-25(24)2;7-10(8,9)6-4-2-1-3-5-6/h18-19,21-22H,3-17,20,23H2,1-2H3;1-5H,(H,7,8,9)/q+1;/p-1. The second-order valence-electron chi connectivity index (χ2n) is 9.57. The molecule has 1 aromatic carbocycles. The molecule has 0 bridgehead atoms. The van der Waals surface area contributed by atoms with Gasteiger partial charge in [0.15, 0.2) is 6.20 Å². The Labute approximate surface area is 221 Å². The van der Waals surface area contributed by atoms with Crippen molar-refractivity contribution < 1.29 is 22.3 Å². The van der Waals surface area contributed by atoms with E-state index in [-0.39, 0.29) is 4.90 Å². The maximum Gasteiger partial charge on any atom is 0.367 e. The molecule has 1 heterocycles. The molecule has 6 heteroatoms. The molecule has 0 radical (unpaired) electrons. The number of hydrogen-bond acceptors (Lipinski definition) is 4. The summed E-state index contributed by atoms with van der Waals surface area (Å²) in [5.41, 5.74) is 0. The summed E-state index contributed by atoms with van der Waals surface area (Å²) in [5, 5.41) is 0. The highest BCUT2D eigenvalue weighted by Gasteiger charge is 2.04. The van der Waals surface area contributed by atoms with Gasteiger partial charge in [0.1, 0.15) is 17.2 Å². The average Bonchev–Trinajstić information content (AvgIpc) is 2.87. The van der Waals surface area contributed by atoms with Gasteiger partial charge in [0.2, 0.25) is 0 Å². The summed E-state index contributed by atoms with van der Waals surface area (Å²) in [4.78, 5) is -0.185. The molecule has 0 spiro atoms. The molecule has 5 nitrogen and oxygen atoms in total. The first kappa shape index (κ1) is 32.1. The van der Waals surface area contributed by atoms with Gasteiger partial charge in [-0.3, -0.25) is 0 Å². The van der Waals surface area contributed by atoms with Crippen molar-refractivity contribution in [2.75, 3.05) is 6.61 Å². The van der Waals surface area contributed by atoms with Crippen molar-refractivity contribution >= 4 is 10.1 Å². The normalized spacial score (nSPS) is 11.1. The lowest BCUT2D eigenvalue weighted by Crippen LogP contribution is -2.29. The molecule has 0 saturated carbocycles. The lowest BCUT2D eigenvalue weighted by atomic mass is 10.0. The molecule has 0 aliphatic heterocycles. The Morgan fingerprint density at radius 3 is 1.53 bits per heavy atom. The van der Waals surface area contributed by atoms with Gasteiger partial charge in [0.25, 0.3) is 0 Å². The predicted molar refractivity (Wildman–Crippen MR) is 147 cm³/mol. The molecule has 0 fully saturated rings. The summed E-state index contributed by atoms with van der Waals surface area (Å²) in [7, 11) is -2.22. The van der Waals surface area contributed by atoms with Gasteiger partial charge in [-0.25, -0.2) is 8.42 Å². The van der Waals surface area contributed by atoms with Gasteiger partial charge in [-0.15, -0.1) is 0 Å². The van der Waals surface area contributed by atoms with Gasteiger partial charge in [-0.2, -0.15) is 4.57 Å². The third-order valence-corrected chi connectivity index (χ3v) is 7.14. The predicted octanol–water partition coefficient (Wildman–Crippen LogP) is 7.74. The van der Waals surface area contributed by atoms with E-state index in [1.807, 2.05) is 36.0 Å². The van der Waals surface area contributed by atoms with Crippen LogP contribution in [0.5, 0.6) is 5.88 Å². The van der Waals surface area contributed by atoms with Gasteiger partial charge >= 0.3 is 5.88 Å². The SMILES string of the molecule is CCCCCCCCCCCCCCCCCCOc1cccc[n+]1C.O=S(=O)([O-])c1ccccc1. The van der Waals surface area contributed by atoms with Gasteiger partial charge in [0.05, 0.1) is 17.6 Å². The van der Waals surface area contributed by atoms with Crippen molar-refractivity contribution in [2.45, 2.75) is 115 Å². The van der Waals surface area contributed by atoms with E-state index in [0.29, 0.717) is 0 Å². The van der Waals surface area contributed by atoms with Crippen LogP contribution < -0.4 is 9.30 Å².